The van der Waals surface area contributed by atoms with Crippen LogP contribution >= 0.6 is 11.8 Å². The zero-order chi connectivity index (χ0) is 17.6. The fourth-order valence-corrected chi connectivity index (χ4v) is 4.34. The fourth-order valence-electron chi connectivity index (χ4n) is 3.16. The molecule has 2 N–H and O–H groups in total. The molecular weight excluding hydrogens is 335 g/mol. The Kier molecular flexibility index (Phi) is 3.49. The van der Waals surface area contributed by atoms with Crippen molar-refractivity contribution in [2.75, 3.05) is 4.90 Å². The Bertz CT molecular complexity index is 1020. The summed E-state index contributed by atoms with van der Waals surface area (Å²) in [5.41, 5.74) is 8.58. The van der Waals surface area contributed by atoms with Crippen LogP contribution in [0, 0.1) is 28.5 Å². The van der Waals surface area contributed by atoms with Gasteiger partial charge in [0.05, 0.1) is 34.9 Å². The molecule has 0 unspecified atom stereocenters. The van der Waals surface area contributed by atoms with Gasteiger partial charge >= 0.3 is 0 Å². The molecule has 0 bridgehead atoms. The Balaban J connectivity index is 1.96. The van der Waals surface area contributed by atoms with Gasteiger partial charge < -0.3 is 5.73 Å². The monoisotopic (exact) mass is 346 g/mol. The summed E-state index contributed by atoms with van der Waals surface area (Å²) in [5.74, 6) is -0.655. The van der Waals surface area contributed by atoms with Gasteiger partial charge in [-0.25, -0.2) is 4.39 Å². The predicted octanol–water partition coefficient (Wildman–Crippen LogP) is 3.96. The quantitative estimate of drug-likeness (QED) is 0.845. The number of fused-ring (bicyclic) bond motifs is 3. The molecule has 1 atom stereocenters. The van der Waals surface area contributed by atoms with Crippen LogP contribution in [0.5, 0.6) is 0 Å². The maximum absolute atomic E-state index is 13.3. The van der Waals surface area contributed by atoms with E-state index in [-0.39, 0.29) is 5.82 Å². The first-order valence-electron chi connectivity index (χ1n) is 7.52. The molecule has 25 heavy (non-hydrogen) atoms. The zero-order valence-corrected chi connectivity index (χ0v) is 13.7. The normalized spacial score (nSPS) is 18.5. The second kappa shape index (κ2) is 5.70. The number of hydrogen-bond acceptors (Lipinski definition) is 5. The lowest BCUT2D eigenvalue weighted by molar-refractivity contribution is 0.626. The smallest absolute Gasteiger partial charge is 0.123 e. The Morgan fingerprint density at radius 3 is 2.36 bits per heavy atom. The van der Waals surface area contributed by atoms with Crippen molar-refractivity contribution in [1.29, 1.82) is 10.5 Å². The van der Waals surface area contributed by atoms with Crippen molar-refractivity contribution in [3.8, 4) is 12.1 Å². The number of para-hydroxylation sites is 1. The lowest BCUT2D eigenvalue weighted by atomic mass is 9.83. The lowest BCUT2D eigenvalue weighted by Gasteiger charge is -2.31. The molecular formula is C19H11FN4S. The maximum Gasteiger partial charge on any atom is 0.123 e. The third-order valence-electron chi connectivity index (χ3n) is 4.28. The minimum absolute atomic E-state index is 0.296. The summed E-state index contributed by atoms with van der Waals surface area (Å²) in [7, 11) is 0. The first-order chi connectivity index (χ1) is 12.2. The molecule has 0 fully saturated rings. The number of nitrogens with zero attached hydrogens (tertiary/aromatic N) is 3. The molecule has 0 aliphatic carbocycles. The van der Waals surface area contributed by atoms with Gasteiger partial charge in [-0.1, -0.05) is 36.0 Å². The van der Waals surface area contributed by atoms with Gasteiger partial charge in [-0.15, -0.1) is 0 Å². The van der Waals surface area contributed by atoms with Crippen molar-refractivity contribution in [1.82, 2.24) is 0 Å². The molecule has 0 saturated heterocycles. The average molecular weight is 346 g/mol. The number of thioether (sulfide) groups is 1. The van der Waals surface area contributed by atoms with Crippen molar-refractivity contribution < 1.29 is 4.39 Å². The molecule has 0 aromatic heterocycles. The van der Waals surface area contributed by atoms with E-state index in [1.54, 1.807) is 17.0 Å². The van der Waals surface area contributed by atoms with E-state index in [1.165, 1.54) is 23.9 Å². The number of benzene rings is 2. The summed E-state index contributed by atoms with van der Waals surface area (Å²) in [6.07, 6.45) is 0. The molecule has 120 valence electrons. The highest BCUT2D eigenvalue weighted by Gasteiger charge is 2.40. The van der Waals surface area contributed by atoms with Gasteiger partial charge in [0.25, 0.3) is 0 Å². The van der Waals surface area contributed by atoms with E-state index in [1.807, 2.05) is 24.3 Å². The van der Waals surface area contributed by atoms with Crippen LogP contribution in [0.3, 0.4) is 0 Å². The van der Waals surface area contributed by atoms with Crippen LogP contribution in [0.4, 0.5) is 10.1 Å². The van der Waals surface area contributed by atoms with E-state index >= 15 is 0 Å². The lowest BCUT2D eigenvalue weighted by Crippen LogP contribution is -2.32. The zero-order valence-electron chi connectivity index (χ0n) is 12.9. The highest BCUT2D eigenvalue weighted by Crippen LogP contribution is 2.54. The van der Waals surface area contributed by atoms with E-state index in [4.69, 9.17) is 5.73 Å². The number of anilines is 1. The van der Waals surface area contributed by atoms with Gasteiger partial charge in [0.2, 0.25) is 0 Å². The van der Waals surface area contributed by atoms with Crippen molar-refractivity contribution in [3.05, 3.63) is 81.9 Å². The van der Waals surface area contributed by atoms with Gasteiger partial charge in [-0.2, -0.15) is 10.5 Å². The first kappa shape index (κ1) is 15.3. The summed E-state index contributed by atoms with van der Waals surface area (Å²) in [6, 6.07) is 17.9. The molecule has 4 rings (SSSR count). The molecule has 2 aromatic carbocycles. The minimum Gasteiger partial charge on any atom is -0.384 e. The number of hydrogen-bond donors (Lipinski definition) is 1. The Hall–Kier alpha value is -3.22. The standard InChI is InChI=1S/C19H11FN4S/c20-12-7-5-11(6-8-12)17-13(9-21)18(23)24-15-3-1-2-4-16(15)25-19(24)14(17)10-22/h1-8,17H,23H2/t17-/m1/s1. The summed E-state index contributed by atoms with van der Waals surface area (Å²) in [4.78, 5) is 2.74. The van der Waals surface area contributed by atoms with Gasteiger partial charge in [0, 0.05) is 4.90 Å². The number of nitrogens with two attached hydrogens (primary N) is 1. The van der Waals surface area contributed by atoms with Crippen molar-refractivity contribution in [3.63, 3.8) is 0 Å². The molecule has 6 heteroatoms. The van der Waals surface area contributed by atoms with Crippen LogP contribution in [0.2, 0.25) is 0 Å². The van der Waals surface area contributed by atoms with Gasteiger partial charge in [0.15, 0.2) is 0 Å². The van der Waals surface area contributed by atoms with Crippen LogP contribution in [0.1, 0.15) is 11.5 Å². The second-order valence-electron chi connectivity index (χ2n) is 5.63. The Morgan fingerprint density at radius 2 is 1.68 bits per heavy atom. The third kappa shape index (κ3) is 2.20. The molecule has 2 aliphatic heterocycles. The minimum atomic E-state index is -0.594. The molecule has 4 nitrogen and oxygen atoms in total. The predicted molar refractivity (Wildman–Crippen MR) is 93.4 cm³/mol. The summed E-state index contributed by atoms with van der Waals surface area (Å²) in [5, 5.41) is 20.2. The highest BCUT2D eigenvalue weighted by atomic mass is 32.2. The molecule has 2 aliphatic rings. The van der Waals surface area contributed by atoms with Crippen molar-refractivity contribution in [2.24, 2.45) is 5.73 Å². The van der Waals surface area contributed by atoms with Gasteiger partial charge in [-0.05, 0) is 29.8 Å². The molecule has 2 heterocycles. The average Bonchev–Trinajstić information content (AvgIpc) is 3.02. The van der Waals surface area contributed by atoms with Crippen LogP contribution in [0.15, 0.2) is 75.4 Å². The second-order valence-corrected chi connectivity index (χ2v) is 6.66. The van der Waals surface area contributed by atoms with Gasteiger partial charge in [0.1, 0.15) is 16.7 Å². The van der Waals surface area contributed by atoms with Crippen LogP contribution in [-0.4, -0.2) is 0 Å². The van der Waals surface area contributed by atoms with Gasteiger partial charge in [-0.3, -0.25) is 4.90 Å². The van der Waals surface area contributed by atoms with Crippen LogP contribution in [0.25, 0.3) is 0 Å². The topological polar surface area (TPSA) is 76.8 Å². The Morgan fingerprint density at radius 1 is 1.00 bits per heavy atom. The van der Waals surface area contributed by atoms with E-state index in [2.05, 4.69) is 12.1 Å². The molecule has 0 spiro atoms. The molecule has 0 radical (unpaired) electrons. The number of halogens is 1. The Labute approximate surface area is 148 Å². The molecule has 2 aromatic rings. The summed E-state index contributed by atoms with van der Waals surface area (Å²) < 4.78 is 13.3. The van der Waals surface area contributed by atoms with Crippen LogP contribution in [-0.2, 0) is 0 Å². The van der Waals surface area contributed by atoms with Crippen LogP contribution < -0.4 is 10.6 Å². The number of rotatable bonds is 1. The van der Waals surface area contributed by atoms with E-state index in [9.17, 15) is 14.9 Å². The summed E-state index contributed by atoms with van der Waals surface area (Å²) in [6.45, 7) is 0. The van der Waals surface area contributed by atoms with E-state index in [0.29, 0.717) is 27.6 Å². The highest BCUT2D eigenvalue weighted by molar-refractivity contribution is 8.03. The molecule has 0 amide bonds. The maximum atomic E-state index is 13.3. The van der Waals surface area contributed by atoms with E-state index < -0.39 is 5.92 Å². The number of allylic oxidation sites excluding steroid dienone is 2. The number of nitriles is 2. The molecule has 0 saturated carbocycles. The first-order valence-corrected chi connectivity index (χ1v) is 8.34. The SMILES string of the molecule is N#CC1=C(N)N2C(=C(C#N)[C@@H]1c1ccc(F)cc1)Sc1ccccc12. The van der Waals surface area contributed by atoms with Crippen molar-refractivity contribution in [2.45, 2.75) is 10.8 Å². The third-order valence-corrected chi connectivity index (χ3v) is 5.45. The largest absolute Gasteiger partial charge is 0.384 e. The van der Waals surface area contributed by atoms with E-state index in [0.717, 1.165) is 10.6 Å². The summed E-state index contributed by atoms with van der Waals surface area (Å²) >= 11 is 1.46. The van der Waals surface area contributed by atoms with Crippen molar-refractivity contribution >= 4 is 17.4 Å². The fraction of sp³-hybridized carbons (Fsp3) is 0.0526.